The van der Waals surface area contributed by atoms with Crippen LogP contribution in [0.2, 0.25) is 28.2 Å². The van der Waals surface area contributed by atoms with E-state index in [9.17, 15) is 28.7 Å². The van der Waals surface area contributed by atoms with Crippen LogP contribution in [0, 0.1) is 34.1 Å². The van der Waals surface area contributed by atoms with Gasteiger partial charge in [0.05, 0.1) is 87.3 Å². The number of rotatable bonds is 16. The van der Waals surface area contributed by atoms with E-state index in [0.29, 0.717) is 86.8 Å². The summed E-state index contributed by atoms with van der Waals surface area (Å²) in [5.41, 5.74) is 1.11. The predicted molar refractivity (Wildman–Crippen MR) is 330 cm³/mol. The highest BCUT2D eigenvalue weighted by Gasteiger charge is 2.40. The highest BCUT2D eigenvalue weighted by molar-refractivity contribution is 6.74. The molecule has 0 radical (unpaired) electrons. The van der Waals surface area contributed by atoms with Gasteiger partial charge in [-0.05, 0) is 101 Å². The molecule has 4 heterocycles. The number of carbonyl (C=O) groups excluding carboxylic acids is 2. The van der Waals surface area contributed by atoms with Gasteiger partial charge in [0, 0.05) is 62.2 Å². The van der Waals surface area contributed by atoms with Crippen LogP contribution in [-0.2, 0) is 36.2 Å². The quantitative estimate of drug-likeness (QED) is 0.0425. The SMILES string of the molecule is CCOC(=O)c1cn([C@H](CO)C(C)(C)C)c2ccc(Cc3cc(N4CCOCC4)c(F)c(Cl)c3F)cc2c1=O.CCOC(=O)c1cn([C@H](CO[Si](C)(C)C(C)(C)C)C(C)(C)C)c2ccc(Cc3cc(N4CCOCC4)c(F)c(Cl)c3F)cc2c1=O. The highest BCUT2D eigenvalue weighted by Crippen LogP contribution is 2.41. The number of hydrogen-bond acceptors (Lipinski definition) is 12. The molecule has 2 aromatic heterocycles. The monoisotopic (exact) mass is 1240 g/mol. The summed E-state index contributed by atoms with van der Waals surface area (Å²) in [6, 6.07) is 12.6. The third kappa shape index (κ3) is 14.8. The smallest absolute Gasteiger partial charge is 0.343 e. The Labute approximate surface area is 506 Å². The molecule has 14 nitrogen and oxygen atoms in total. The molecule has 462 valence electrons. The lowest BCUT2D eigenvalue weighted by molar-refractivity contribution is 0.0513. The van der Waals surface area contributed by atoms with Gasteiger partial charge in [-0.25, -0.2) is 27.2 Å². The largest absolute Gasteiger partial charge is 0.462 e. The van der Waals surface area contributed by atoms with E-state index in [0.717, 1.165) is 0 Å². The summed E-state index contributed by atoms with van der Waals surface area (Å²) in [4.78, 5) is 56.6. The lowest BCUT2D eigenvalue weighted by atomic mass is 9.86. The molecule has 2 aliphatic heterocycles. The number of aliphatic hydroxyl groups is 1. The van der Waals surface area contributed by atoms with Gasteiger partial charge in [-0.1, -0.05) is 97.6 Å². The number of benzene rings is 4. The number of pyridine rings is 2. The van der Waals surface area contributed by atoms with Crippen molar-refractivity contribution in [2.45, 2.75) is 119 Å². The first-order chi connectivity index (χ1) is 39.8. The second kappa shape index (κ2) is 27.1. The summed E-state index contributed by atoms with van der Waals surface area (Å²) >= 11 is 12.2. The van der Waals surface area contributed by atoms with Gasteiger partial charge in [-0.2, -0.15) is 0 Å². The third-order valence-corrected chi connectivity index (χ3v) is 21.5. The van der Waals surface area contributed by atoms with Crippen LogP contribution in [0.5, 0.6) is 0 Å². The fourth-order valence-electron chi connectivity index (χ4n) is 10.3. The van der Waals surface area contributed by atoms with E-state index in [1.165, 1.54) is 18.3 Å². The van der Waals surface area contributed by atoms with E-state index in [4.69, 9.17) is 46.6 Å². The minimum Gasteiger partial charge on any atom is -0.462 e. The Balaban J connectivity index is 0.000000247. The Morgan fingerprint density at radius 1 is 0.612 bits per heavy atom. The first-order valence-corrected chi connectivity index (χ1v) is 32.4. The summed E-state index contributed by atoms with van der Waals surface area (Å²) in [6.07, 6.45) is 3.11. The van der Waals surface area contributed by atoms with Crippen molar-refractivity contribution in [1.29, 1.82) is 0 Å². The second-order valence-electron chi connectivity index (χ2n) is 25.3. The molecule has 1 N–H and O–H groups in total. The average molecular weight is 1240 g/mol. The number of morpholine rings is 2. The van der Waals surface area contributed by atoms with Crippen molar-refractivity contribution in [3.05, 3.63) is 148 Å². The van der Waals surface area contributed by atoms with Crippen LogP contribution in [0.4, 0.5) is 28.9 Å². The highest BCUT2D eigenvalue weighted by atomic mass is 35.5. The molecule has 0 bridgehead atoms. The maximum Gasteiger partial charge on any atom is 0.343 e. The number of halogens is 6. The molecule has 6 aromatic rings. The van der Waals surface area contributed by atoms with Crippen LogP contribution in [0.1, 0.15) is 131 Å². The van der Waals surface area contributed by atoms with Gasteiger partial charge in [0.2, 0.25) is 10.9 Å². The van der Waals surface area contributed by atoms with Crippen LogP contribution < -0.4 is 20.7 Å². The fraction of sp³-hybridized carbons (Fsp3) is 0.500. The number of aliphatic hydroxyl groups excluding tert-OH is 1. The molecule has 2 atom stereocenters. The number of ether oxygens (including phenoxy) is 4. The molecule has 0 spiro atoms. The third-order valence-electron chi connectivity index (χ3n) is 16.3. The minimum absolute atomic E-state index is 0.00773. The molecule has 2 saturated heterocycles. The van der Waals surface area contributed by atoms with Crippen molar-refractivity contribution >= 4 is 76.6 Å². The van der Waals surface area contributed by atoms with E-state index >= 15 is 13.2 Å². The predicted octanol–water partition coefficient (Wildman–Crippen LogP) is 13.3. The zero-order valence-corrected chi connectivity index (χ0v) is 53.5. The van der Waals surface area contributed by atoms with E-state index in [2.05, 4.69) is 54.6 Å². The molecule has 2 aliphatic rings. The molecule has 2 fully saturated rings. The van der Waals surface area contributed by atoms with E-state index in [1.54, 1.807) is 58.7 Å². The van der Waals surface area contributed by atoms with E-state index < -0.39 is 75.9 Å². The van der Waals surface area contributed by atoms with E-state index in [1.807, 2.05) is 37.5 Å². The number of carbonyl (C=O) groups is 2. The molecule has 0 amide bonds. The zero-order valence-electron chi connectivity index (χ0n) is 51.0. The molecule has 0 aliphatic carbocycles. The van der Waals surface area contributed by atoms with Crippen molar-refractivity contribution in [3.8, 4) is 0 Å². The number of esters is 2. The van der Waals surface area contributed by atoms with Crippen molar-refractivity contribution in [1.82, 2.24) is 9.13 Å². The van der Waals surface area contributed by atoms with E-state index in [-0.39, 0.29) is 88.2 Å². The van der Waals surface area contributed by atoms with Crippen molar-refractivity contribution in [3.63, 3.8) is 0 Å². The Bertz CT molecular complexity index is 3560. The number of nitrogens with zero attached hydrogens (tertiary/aromatic N) is 4. The lowest BCUT2D eigenvalue weighted by Gasteiger charge is -2.40. The minimum atomic E-state index is -2.14. The Morgan fingerprint density at radius 2 is 0.988 bits per heavy atom. The first kappa shape index (κ1) is 66.7. The van der Waals surface area contributed by atoms with Crippen LogP contribution in [-0.4, -0.2) is 114 Å². The van der Waals surface area contributed by atoms with Gasteiger partial charge < -0.3 is 47.4 Å². The number of anilines is 2. The topological polar surface area (TPSA) is 151 Å². The number of hydrogen-bond donors (Lipinski definition) is 1. The first-order valence-electron chi connectivity index (χ1n) is 28.8. The molecule has 0 saturated carbocycles. The summed E-state index contributed by atoms with van der Waals surface area (Å²) in [6.45, 7) is 30.3. The van der Waals surface area contributed by atoms with Crippen LogP contribution in [0.25, 0.3) is 21.8 Å². The summed E-state index contributed by atoms with van der Waals surface area (Å²) in [7, 11) is -2.14. The molecule has 8 rings (SSSR count). The maximum absolute atomic E-state index is 15.4. The molecule has 21 heteroatoms. The molecule has 0 unspecified atom stereocenters. The Hall–Kier alpha value is -5.80. The maximum atomic E-state index is 15.4. The second-order valence-corrected chi connectivity index (χ2v) is 30.8. The van der Waals surface area contributed by atoms with Gasteiger partial charge in [0.1, 0.15) is 32.8 Å². The molecule has 85 heavy (non-hydrogen) atoms. The average Bonchev–Trinajstić information content (AvgIpc) is 2.55. The van der Waals surface area contributed by atoms with Crippen LogP contribution in [0.15, 0.2) is 70.5 Å². The zero-order chi connectivity index (χ0) is 62.7. The summed E-state index contributed by atoms with van der Waals surface area (Å²) in [5, 5.41) is 9.59. The van der Waals surface area contributed by atoms with Crippen molar-refractivity contribution in [2.24, 2.45) is 10.8 Å². The van der Waals surface area contributed by atoms with Gasteiger partial charge >= 0.3 is 11.9 Å². The summed E-state index contributed by atoms with van der Waals surface area (Å²) in [5.74, 6) is -4.81. The number of aromatic nitrogens is 2. The molecular formula is C64H80Cl2F4N4O10Si. The Kier molecular flexibility index (Phi) is 21.3. The van der Waals surface area contributed by atoms with Crippen LogP contribution in [0.3, 0.4) is 0 Å². The normalized spacial score (nSPS) is 15.2. The van der Waals surface area contributed by atoms with Gasteiger partial charge in [-0.15, -0.1) is 0 Å². The van der Waals surface area contributed by atoms with Gasteiger partial charge in [0.25, 0.3) is 0 Å². The fourth-order valence-corrected chi connectivity index (χ4v) is 11.8. The van der Waals surface area contributed by atoms with Gasteiger partial charge in [-0.3, -0.25) is 9.59 Å². The molecular weight excluding hydrogens is 1160 g/mol. The summed E-state index contributed by atoms with van der Waals surface area (Å²) < 4.78 is 91.9. The lowest BCUT2D eigenvalue weighted by Crippen LogP contribution is -2.43. The Morgan fingerprint density at radius 3 is 1.33 bits per heavy atom. The van der Waals surface area contributed by atoms with Gasteiger partial charge in [0.15, 0.2) is 20.0 Å². The van der Waals surface area contributed by atoms with Crippen LogP contribution >= 0.6 is 23.2 Å². The number of fused-ring (bicyclic) bond motifs is 2. The van der Waals surface area contributed by atoms with Crippen molar-refractivity contribution < 1.29 is 55.6 Å². The molecule has 4 aromatic carbocycles. The standard InChI is InChI=1S/C35H47ClF2N2O5Si.C29H33ClF2N2O5/c1-10-44-33(42)25-20-40(28(34(2,3)4)21-45-46(8,9)35(5,6)7)26-12-11-22(18-24(26)32(25)41)17-23-19-27(31(38)29(36)30(23)37)39-13-15-43-16-14-39;1-5-39-28(37)20-15-34(23(16-35)29(2,3)4)21-7-6-17(13-19(21)27(20)36)12-18-14-22(26(32)24(30)25(18)31)33-8-10-38-11-9-33/h11-12,18-20,28H,10,13-17,21H2,1-9H3;6-7,13-15,23,35H,5,8-12,16H2,1-4H3/t28-;23-/m11/s1. The van der Waals surface area contributed by atoms with Crippen molar-refractivity contribution in [2.75, 3.05) is 88.8 Å².